The molecule has 1 aliphatic rings. The fourth-order valence-electron chi connectivity index (χ4n) is 3.57. The van der Waals surface area contributed by atoms with Crippen molar-refractivity contribution in [3.05, 3.63) is 54.7 Å². The Labute approximate surface area is 177 Å². The number of benzene rings is 1. The van der Waals surface area contributed by atoms with Crippen LogP contribution in [0, 0.1) is 0 Å². The number of pyridine rings is 1. The third-order valence-electron chi connectivity index (χ3n) is 4.93. The summed E-state index contributed by atoms with van der Waals surface area (Å²) >= 11 is 0. The fourth-order valence-corrected chi connectivity index (χ4v) is 3.57. The molecule has 2 aromatic heterocycles. The summed E-state index contributed by atoms with van der Waals surface area (Å²) in [5, 5.41) is 6.45. The first-order valence-corrected chi connectivity index (χ1v) is 10.1. The third kappa shape index (κ3) is 6.07. The van der Waals surface area contributed by atoms with E-state index in [1.807, 2.05) is 18.2 Å². The number of rotatable bonds is 6. The van der Waals surface area contributed by atoms with Gasteiger partial charge in [0.2, 0.25) is 5.95 Å². The normalized spacial score (nSPS) is 14.8. The highest BCUT2D eigenvalue weighted by Gasteiger charge is 2.31. The molecule has 162 valence electrons. The number of halogens is 3. The number of hydrogen-bond donors (Lipinski definition) is 2. The van der Waals surface area contributed by atoms with Gasteiger partial charge in [-0.3, -0.25) is 4.98 Å². The standard InChI is InChI=1S/C22H22F3N5O/c23-22(24,25)31-17-10-6-9-16(13-17)27-20-14-19(18-11-4-5-12-26-18)29-21(30-20)28-15-7-2-1-3-8-15/h4-6,9-15H,1-3,7-8H2,(H2,27,28,29,30). The summed E-state index contributed by atoms with van der Waals surface area (Å²) in [7, 11) is 0. The molecule has 1 aliphatic carbocycles. The molecule has 0 bridgehead atoms. The second-order valence-corrected chi connectivity index (χ2v) is 7.36. The molecule has 0 unspecified atom stereocenters. The highest BCUT2D eigenvalue weighted by atomic mass is 19.4. The van der Waals surface area contributed by atoms with E-state index in [9.17, 15) is 13.2 Å². The zero-order valence-electron chi connectivity index (χ0n) is 16.7. The lowest BCUT2D eigenvalue weighted by Gasteiger charge is -2.23. The van der Waals surface area contributed by atoms with Gasteiger partial charge in [-0.05, 0) is 37.1 Å². The van der Waals surface area contributed by atoms with Crippen LogP contribution in [-0.2, 0) is 0 Å². The molecule has 0 spiro atoms. The SMILES string of the molecule is FC(F)(F)Oc1cccc(Nc2cc(-c3ccccn3)nc(NC3CCCCC3)n2)c1. The molecule has 0 saturated heterocycles. The summed E-state index contributed by atoms with van der Waals surface area (Å²) in [5.74, 6) is 0.593. The van der Waals surface area contributed by atoms with E-state index in [0.717, 1.165) is 25.7 Å². The van der Waals surface area contributed by atoms with Crippen molar-refractivity contribution >= 4 is 17.5 Å². The second-order valence-electron chi connectivity index (χ2n) is 7.36. The minimum Gasteiger partial charge on any atom is -0.406 e. The van der Waals surface area contributed by atoms with Crippen LogP contribution >= 0.6 is 0 Å². The number of aromatic nitrogens is 3. The topological polar surface area (TPSA) is 72.0 Å². The van der Waals surface area contributed by atoms with Gasteiger partial charge in [-0.1, -0.05) is 31.4 Å². The van der Waals surface area contributed by atoms with Gasteiger partial charge in [0.25, 0.3) is 0 Å². The van der Waals surface area contributed by atoms with Gasteiger partial charge < -0.3 is 15.4 Å². The Bertz CT molecular complexity index is 1010. The van der Waals surface area contributed by atoms with Gasteiger partial charge in [-0.25, -0.2) is 4.98 Å². The maximum absolute atomic E-state index is 12.5. The van der Waals surface area contributed by atoms with Gasteiger partial charge in [-0.15, -0.1) is 13.2 Å². The molecule has 2 N–H and O–H groups in total. The first-order chi connectivity index (χ1) is 14.9. The van der Waals surface area contributed by atoms with E-state index in [4.69, 9.17) is 0 Å². The molecule has 31 heavy (non-hydrogen) atoms. The van der Waals surface area contributed by atoms with Crippen LogP contribution < -0.4 is 15.4 Å². The molecule has 0 amide bonds. The minimum absolute atomic E-state index is 0.295. The number of hydrogen-bond acceptors (Lipinski definition) is 6. The maximum Gasteiger partial charge on any atom is 0.573 e. The number of ether oxygens (including phenoxy) is 1. The molecule has 1 saturated carbocycles. The average molecular weight is 429 g/mol. The quantitative estimate of drug-likeness (QED) is 0.506. The highest BCUT2D eigenvalue weighted by molar-refractivity contribution is 5.66. The molecule has 9 heteroatoms. The monoisotopic (exact) mass is 429 g/mol. The van der Waals surface area contributed by atoms with Crippen LogP contribution in [0.4, 0.5) is 30.6 Å². The summed E-state index contributed by atoms with van der Waals surface area (Å²) in [4.78, 5) is 13.5. The van der Waals surface area contributed by atoms with Crippen molar-refractivity contribution in [3.63, 3.8) is 0 Å². The minimum atomic E-state index is -4.75. The molecule has 1 aromatic carbocycles. The van der Waals surface area contributed by atoms with Crippen LogP contribution in [0.25, 0.3) is 11.4 Å². The summed E-state index contributed by atoms with van der Waals surface area (Å²) < 4.78 is 41.6. The Morgan fingerprint density at radius 2 is 1.74 bits per heavy atom. The third-order valence-corrected chi connectivity index (χ3v) is 4.93. The van der Waals surface area contributed by atoms with E-state index in [1.54, 1.807) is 18.3 Å². The molecular formula is C22H22F3N5O. The molecule has 3 aromatic rings. The Balaban J connectivity index is 1.61. The lowest BCUT2D eigenvalue weighted by molar-refractivity contribution is -0.274. The Morgan fingerprint density at radius 1 is 0.903 bits per heavy atom. The number of nitrogens with one attached hydrogen (secondary N) is 2. The molecule has 1 fully saturated rings. The van der Waals surface area contributed by atoms with Gasteiger partial charge in [0.05, 0.1) is 11.4 Å². The van der Waals surface area contributed by atoms with Crippen LogP contribution in [0.15, 0.2) is 54.7 Å². The van der Waals surface area contributed by atoms with E-state index in [2.05, 4.69) is 30.3 Å². The first-order valence-electron chi connectivity index (χ1n) is 10.1. The van der Waals surface area contributed by atoms with Crippen molar-refractivity contribution in [3.8, 4) is 17.1 Å². The molecule has 4 rings (SSSR count). The molecule has 0 atom stereocenters. The van der Waals surface area contributed by atoms with Gasteiger partial charge in [0, 0.05) is 30.1 Å². The van der Waals surface area contributed by atoms with Crippen LogP contribution in [0.5, 0.6) is 5.75 Å². The number of nitrogens with zero attached hydrogens (tertiary/aromatic N) is 3. The summed E-state index contributed by atoms with van der Waals surface area (Å²) in [6.45, 7) is 0. The molecule has 0 radical (unpaired) electrons. The zero-order valence-corrected chi connectivity index (χ0v) is 16.7. The lowest BCUT2D eigenvalue weighted by atomic mass is 9.96. The van der Waals surface area contributed by atoms with Gasteiger partial charge in [-0.2, -0.15) is 4.98 Å². The largest absolute Gasteiger partial charge is 0.573 e. The van der Waals surface area contributed by atoms with Crippen LogP contribution in [0.3, 0.4) is 0 Å². The van der Waals surface area contributed by atoms with E-state index in [0.29, 0.717) is 34.9 Å². The smallest absolute Gasteiger partial charge is 0.406 e. The molecule has 0 aliphatic heterocycles. The Kier molecular flexibility index (Phi) is 6.20. The van der Waals surface area contributed by atoms with Crippen molar-refractivity contribution in [1.29, 1.82) is 0 Å². The van der Waals surface area contributed by atoms with Crippen LogP contribution in [-0.4, -0.2) is 27.4 Å². The van der Waals surface area contributed by atoms with E-state index < -0.39 is 6.36 Å². The number of alkyl halides is 3. The lowest BCUT2D eigenvalue weighted by Crippen LogP contribution is -2.23. The van der Waals surface area contributed by atoms with Crippen molar-refractivity contribution in [2.24, 2.45) is 0 Å². The van der Waals surface area contributed by atoms with Gasteiger partial charge in [0.1, 0.15) is 11.6 Å². The second kappa shape index (κ2) is 9.20. The van der Waals surface area contributed by atoms with Crippen molar-refractivity contribution < 1.29 is 17.9 Å². The fraction of sp³-hybridized carbons (Fsp3) is 0.318. The predicted molar refractivity (Wildman–Crippen MR) is 112 cm³/mol. The van der Waals surface area contributed by atoms with E-state index in [1.165, 1.54) is 24.6 Å². The average Bonchev–Trinajstić information content (AvgIpc) is 2.74. The Hall–Kier alpha value is -3.36. The van der Waals surface area contributed by atoms with Gasteiger partial charge >= 0.3 is 6.36 Å². The first kappa shape index (κ1) is 20.9. The summed E-state index contributed by atoms with van der Waals surface area (Å²) in [6.07, 6.45) is 2.58. The van der Waals surface area contributed by atoms with Crippen LogP contribution in [0.2, 0.25) is 0 Å². The summed E-state index contributed by atoms with van der Waals surface area (Å²) in [6, 6.07) is 13.2. The predicted octanol–water partition coefficient (Wildman–Crippen LogP) is 5.93. The van der Waals surface area contributed by atoms with E-state index >= 15 is 0 Å². The van der Waals surface area contributed by atoms with Gasteiger partial charge in [0.15, 0.2) is 0 Å². The van der Waals surface area contributed by atoms with Crippen molar-refractivity contribution in [2.45, 2.75) is 44.5 Å². The van der Waals surface area contributed by atoms with E-state index in [-0.39, 0.29) is 5.75 Å². The number of anilines is 3. The van der Waals surface area contributed by atoms with Crippen molar-refractivity contribution in [2.75, 3.05) is 10.6 Å². The molecule has 2 heterocycles. The van der Waals surface area contributed by atoms with Crippen LogP contribution in [0.1, 0.15) is 32.1 Å². The highest BCUT2D eigenvalue weighted by Crippen LogP contribution is 2.28. The maximum atomic E-state index is 12.5. The molecular weight excluding hydrogens is 407 g/mol. The molecule has 6 nitrogen and oxygen atoms in total. The Morgan fingerprint density at radius 3 is 2.48 bits per heavy atom. The summed E-state index contributed by atoms with van der Waals surface area (Å²) in [5.41, 5.74) is 1.70. The zero-order chi connectivity index (χ0) is 21.7. The van der Waals surface area contributed by atoms with Crippen molar-refractivity contribution in [1.82, 2.24) is 15.0 Å².